The first kappa shape index (κ1) is 10.7. The van der Waals surface area contributed by atoms with Crippen molar-refractivity contribution in [2.75, 3.05) is 0 Å². The van der Waals surface area contributed by atoms with Crippen LogP contribution in [0.2, 0.25) is 0 Å². The monoisotopic (exact) mass is 204 g/mol. The second kappa shape index (κ2) is 3.64. The van der Waals surface area contributed by atoms with Crippen LogP contribution in [0.3, 0.4) is 0 Å². The summed E-state index contributed by atoms with van der Waals surface area (Å²) < 4.78 is 0. The molecule has 82 valence electrons. The molecule has 15 heavy (non-hydrogen) atoms. The number of hydrogen-bond donors (Lipinski definition) is 1. The highest BCUT2D eigenvalue weighted by molar-refractivity contribution is 5.23. The van der Waals surface area contributed by atoms with Crippen molar-refractivity contribution in [1.82, 2.24) is 0 Å². The molecule has 0 radical (unpaired) electrons. The van der Waals surface area contributed by atoms with E-state index < -0.39 is 0 Å². The van der Waals surface area contributed by atoms with Crippen molar-refractivity contribution in [3.63, 3.8) is 0 Å². The fourth-order valence-corrected chi connectivity index (χ4v) is 2.63. The molecule has 1 aliphatic carbocycles. The van der Waals surface area contributed by atoms with Crippen LogP contribution in [-0.2, 0) is 0 Å². The van der Waals surface area contributed by atoms with E-state index >= 15 is 0 Å². The van der Waals surface area contributed by atoms with Gasteiger partial charge in [0.1, 0.15) is 0 Å². The van der Waals surface area contributed by atoms with E-state index in [4.69, 9.17) is 0 Å². The number of aliphatic hydroxyl groups excluding tert-OH is 1. The zero-order chi connectivity index (χ0) is 11.1. The largest absolute Gasteiger partial charge is 0.393 e. The minimum Gasteiger partial charge on any atom is -0.393 e. The van der Waals surface area contributed by atoms with Crippen LogP contribution in [0.25, 0.3) is 0 Å². The van der Waals surface area contributed by atoms with Gasteiger partial charge >= 0.3 is 0 Å². The van der Waals surface area contributed by atoms with E-state index in [2.05, 4.69) is 44.2 Å². The maximum Gasteiger partial charge on any atom is 0.0568 e. The van der Waals surface area contributed by atoms with Gasteiger partial charge in [-0.1, -0.05) is 44.2 Å². The summed E-state index contributed by atoms with van der Waals surface area (Å²) in [6.07, 6.45) is 0.967. The van der Waals surface area contributed by atoms with Crippen LogP contribution >= 0.6 is 0 Å². The highest BCUT2D eigenvalue weighted by atomic mass is 16.3. The van der Waals surface area contributed by atoms with Crippen LogP contribution in [0.5, 0.6) is 0 Å². The van der Waals surface area contributed by atoms with E-state index in [1.165, 1.54) is 5.56 Å². The average molecular weight is 204 g/mol. The lowest BCUT2D eigenvalue weighted by Crippen LogP contribution is -2.18. The first-order valence-electron chi connectivity index (χ1n) is 5.78. The minimum absolute atomic E-state index is 0.148. The van der Waals surface area contributed by atoms with Gasteiger partial charge in [-0.2, -0.15) is 0 Å². The van der Waals surface area contributed by atoms with Gasteiger partial charge in [-0.3, -0.25) is 0 Å². The van der Waals surface area contributed by atoms with Gasteiger partial charge in [0.25, 0.3) is 0 Å². The zero-order valence-electron chi connectivity index (χ0n) is 9.77. The summed E-state index contributed by atoms with van der Waals surface area (Å²) in [4.78, 5) is 0. The predicted octanol–water partition coefficient (Wildman–Crippen LogP) is 3.20. The van der Waals surface area contributed by atoms with Crippen molar-refractivity contribution in [3.05, 3.63) is 35.9 Å². The molecule has 0 aliphatic heterocycles. The highest BCUT2D eigenvalue weighted by Crippen LogP contribution is 2.60. The second-order valence-corrected chi connectivity index (χ2v) is 5.19. The van der Waals surface area contributed by atoms with Crippen LogP contribution in [0.15, 0.2) is 30.3 Å². The Morgan fingerprint density at radius 3 is 2.33 bits per heavy atom. The summed E-state index contributed by atoms with van der Waals surface area (Å²) in [7, 11) is 0. The third kappa shape index (κ3) is 1.81. The van der Waals surface area contributed by atoms with Crippen molar-refractivity contribution in [3.8, 4) is 0 Å². The summed E-state index contributed by atoms with van der Waals surface area (Å²) in [5.41, 5.74) is 1.54. The van der Waals surface area contributed by atoms with Crippen LogP contribution in [0.1, 0.15) is 38.7 Å². The van der Waals surface area contributed by atoms with Gasteiger partial charge in [0.15, 0.2) is 0 Å². The Kier molecular flexibility index (Phi) is 2.59. The number of aliphatic hydroxyl groups is 1. The van der Waals surface area contributed by atoms with Crippen molar-refractivity contribution >= 4 is 0 Å². The fourth-order valence-electron chi connectivity index (χ4n) is 2.63. The van der Waals surface area contributed by atoms with Crippen LogP contribution in [-0.4, -0.2) is 11.2 Å². The molecule has 1 unspecified atom stereocenters. The van der Waals surface area contributed by atoms with Gasteiger partial charge in [0.2, 0.25) is 0 Å². The van der Waals surface area contributed by atoms with E-state index in [-0.39, 0.29) is 11.5 Å². The lowest BCUT2D eigenvalue weighted by atomic mass is 9.89. The number of hydrogen-bond acceptors (Lipinski definition) is 1. The van der Waals surface area contributed by atoms with Crippen LogP contribution in [0, 0.1) is 11.3 Å². The highest BCUT2D eigenvalue weighted by Gasteiger charge is 2.55. The van der Waals surface area contributed by atoms with Gasteiger partial charge in [0, 0.05) is 0 Å². The Hall–Kier alpha value is -0.820. The fraction of sp³-hybridized carbons (Fsp3) is 0.571. The first-order valence-corrected chi connectivity index (χ1v) is 5.78. The molecule has 0 saturated heterocycles. The van der Waals surface area contributed by atoms with Crippen LogP contribution in [0.4, 0.5) is 0 Å². The third-order valence-corrected chi connectivity index (χ3v) is 4.23. The maximum atomic E-state index is 9.72. The van der Waals surface area contributed by atoms with Gasteiger partial charge in [-0.05, 0) is 36.2 Å². The summed E-state index contributed by atoms with van der Waals surface area (Å²) in [6, 6.07) is 10.6. The van der Waals surface area contributed by atoms with E-state index in [1.54, 1.807) is 0 Å². The molecule has 1 aromatic carbocycles. The van der Waals surface area contributed by atoms with Crippen LogP contribution < -0.4 is 0 Å². The third-order valence-electron chi connectivity index (χ3n) is 4.23. The van der Waals surface area contributed by atoms with Gasteiger partial charge in [-0.15, -0.1) is 0 Å². The standard InChI is InChI=1S/C14H20O/c1-10(12-7-5-4-6-8-12)13-9-14(13,3)11(2)15/h4-8,10-11,13,15H,9H2,1-3H3/t10-,11+,13-,14?/m0/s1. The normalized spacial score (nSPS) is 33.5. The van der Waals surface area contributed by atoms with E-state index in [9.17, 15) is 5.11 Å². The Morgan fingerprint density at radius 1 is 1.27 bits per heavy atom. The van der Waals surface area contributed by atoms with Crippen molar-refractivity contribution in [2.45, 2.75) is 39.2 Å². The molecule has 1 aromatic rings. The molecule has 0 amide bonds. The molecule has 1 nitrogen and oxygen atoms in total. The molecular weight excluding hydrogens is 184 g/mol. The molecule has 4 atom stereocenters. The van der Waals surface area contributed by atoms with E-state index in [1.807, 2.05) is 6.92 Å². The molecule has 0 aromatic heterocycles. The van der Waals surface area contributed by atoms with Crippen molar-refractivity contribution in [2.24, 2.45) is 11.3 Å². The molecular formula is C14H20O. The smallest absolute Gasteiger partial charge is 0.0568 e. The molecule has 0 spiro atoms. The first-order chi connectivity index (χ1) is 7.05. The second-order valence-electron chi connectivity index (χ2n) is 5.19. The molecule has 1 aliphatic rings. The number of benzene rings is 1. The lowest BCUT2D eigenvalue weighted by molar-refractivity contribution is 0.108. The maximum absolute atomic E-state index is 9.72. The topological polar surface area (TPSA) is 20.2 Å². The van der Waals surface area contributed by atoms with E-state index in [0.29, 0.717) is 11.8 Å². The summed E-state index contributed by atoms with van der Waals surface area (Å²) in [6.45, 7) is 6.38. The molecule has 1 saturated carbocycles. The summed E-state index contributed by atoms with van der Waals surface area (Å²) >= 11 is 0. The van der Waals surface area contributed by atoms with Gasteiger partial charge in [-0.25, -0.2) is 0 Å². The Labute approximate surface area is 92.1 Å². The molecule has 0 bridgehead atoms. The van der Waals surface area contributed by atoms with Crippen molar-refractivity contribution < 1.29 is 5.11 Å². The molecule has 1 fully saturated rings. The van der Waals surface area contributed by atoms with Gasteiger partial charge < -0.3 is 5.11 Å². The average Bonchev–Trinajstić information content (AvgIpc) is 2.93. The zero-order valence-corrected chi connectivity index (χ0v) is 9.77. The Balaban J connectivity index is 2.09. The Morgan fingerprint density at radius 2 is 1.87 bits per heavy atom. The molecule has 2 rings (SSSR count). The van der Waals surface area contributed by atoms with Crippen molar-refractivity contribution in [1.29, 1.82) is 0 Å². The van der Waals surface area contributed by atoms with Gasteiger partial charge in [0.05, 0.1) is 6.10 Å². The quantitative estimate of drug-likeness (QED) is 0.801. The number of rotatable bonds is 3. The Bertz CT molecular complexity index is 330. The predicted molar refractivity (Wildman–Crippen MR) is 62.8 cm³/mol. The van der Waals surface area contributed by atoms with E-state index in [0.717, 1.165) is 6.42 Å². The molecule has 0 heterocycles. The summed E-state index contributed by atoms with van der Waals surface area (Å²) in [5.74, 6) is 1.20. The lowest BCUT2D eigenvalue weighted by Gasteiger charge is -2.19. The minimum atomic E-state index is -0.186. The molecule has 1 heteroatoms. The SMILES string of the molecule is C[C@@H](c1ccccc1)[C@@H]1CC1(C)[C@@H](C)O. The molecule has 1 N–H and O–H groups in total. The summed E-state index contributed by atoms with van der Waals surface area (Å²) in [5, 5.41) is 9.72.